The smallest absolute Gasteiger partial charge is 0.163 e. The zero-order valence-electron chi connectivity index (χ0n) is 9.09. The van der Waals surface area contributed by atoms with E-state index in [9.17, 15) is 15.3 Å². The van der Waals surface area contributed by atoms with Crippen LogP contribution in [0.1, 0.15) is 17.2 Å². The Balaban J connectivity index is 3.27. The van der Waals surface area contributed by atoms with Crippen molar-refractivity contribution in [3.05, 3.63) is 23.3 Å². The molecule has 0 bridgehead atoms. The minimum absolute atomic E-state index is 0.00838. The Labute approximate surface area is 103 Å². The van der Waals surface area contributed by atoms with E-state index in [1.807, 2.05) is 6.07 Å². The first-order chi connectivity index (χ1) is 8.04. The maximum absolute atomic E-state index is 9.77. The molecule has 0 radical (unpaired) electrons. The molecule has 1 aromatic rings. The molecule has 0 saturated heterocycles. The number of aromatic hydroxyl groups is 1. The fraction of sp³-hybridized carbons (Fsp3) is 0.364. The second kappa shape index (κ2) is 5.73. The van der Waals surface area contributed by atoms with Crippen LogP contribution in [0.2, 0.25) is 0 Å². The lowest BCUT2D eigenvalue weighted by atomic mass is 10.0. The molecule has 0 aliphatic carbocycles. The number of nitriles is 1. The van der Waals surface area contributed by atoms with Gasteiger partial charge < -0.3 is 20.1 Å². The molecule has 2 atom stereocenters. The summed E-state index contributed by atoms with van der Waals surface area (Å²) in [5, 5.41) is 37.7. The minimum atomic E-state index is -1.38. The highest BCUT2D eigenvalue weighted by Crippen LogP contribution is 2.36. The Bertz CT molecular complexity index is 444. The van der Waals surface area contributed by atoms with Crippen LogP contribution in [0.4, 0.5) is 0 Å². The van der Waals surface area contributed by atoms with Gasteiger partial charge in [0.05, 0.1) is 30.7 Å². The van der Waals surface area contributed by atoms with Crippen LogP contribution < -0.4 is 4.74 Å². The Hall–Kier alpha value is -1.48. The summed E-state index contributed by atoms with van der Waals surface area (Å²) in [6.45, 7) is 0. The number of benzene rings is 1. The van der Waals surface area contributed by atoms with Crippen LogP contribution in [-0.4, -0.2) is 34.4 Å². The van der Waals surface area contributed by atoms with Crippen LogP contribution in [0.15, 0.2) is 12.1 Å². The highest BCUT2D eigenvalue weighted by molar-refractivity contribution is 6.18. The number of ether oxygens (including phenoxy) is 1. The van der Waals surface area contributed by atoms with Gasteiger partial charge in [-0.05, 0) is 6.07 Å². The van der Waals surface area contributed by atoms with Crippen molar-refractivity contribution in [3.63, 3.8) is 0 Å². The summed E-state index contributed by atoms with van der Waals surface area (Å²) in [7, 11) is 1.32. The fourth-order valence-corrected chi connectivity index (χ4v) is 1.54. The van der Waals surface area contributed by atoms with Crippen molar-refractivity contribution in [1.82, 2.24) is 0 Å². The van der Waals surface area contributed by atoms with E-state index in [-0.39, 0.29) is 28.5 Å². The third-order valence-corrected chi connectivity index (χ3v) is 2.61. The van der Waals surface area contributed by atoms with E-state index in [4.69, 9.17) is 21.6 Å². The van der Waals surface area contributed by atoms with E-state index in [1.165, 1.54) is 19.2 Å². The number of aliphatic hydroxyl groups excluding tert-OH is 2. The summed E-state index contributed by atoms with van der Waals surface area (Å²) in [4.78, 5) is 0. The van der Waals surface area contributed by atoms with Crippen molar-refractivity contribution < 1.29 is 20.1 Å². The molecule has 6 heteroatoms. The van der Waals surface area contributed by atoms with E-state index in [0.717, 1.165) is 0 Å². The molecule has 3 N–H and O–H groups in total. The molecule has 0 aliphatic heterocycles. The summed E-state index contributed by atoms with van der Waals surface area (Å²) >= 11 is 5.41. The van der Waals surface area contributed by atoms with Gasteiger partial charge in [-0.3, -0.25) is 0 Å². The van der Waals surface area contributed by atoms with Crippen molar-refractivity contribution >= 4 is 11.6 Å². The van der Waals surface area contributed by atoms with Gasteiger partial charge in [0.1, 0.15) is 6.10 Å². The molecule has 0 fully saturated rings. The van der Waals surface area contributed by atoms with Crippen molar-refractivity contribution in [2.24, 2.45) is 0 Å². The Morgan fingerprint density at radius 2 is 2.12 bits per heavy atom. The number of aliphatic hydroxyl groups is 2. The van der Waals surface area contributed by atoms with Crippen LogP contribution in [0.5, 0.6) is 11.5 Å². The van der Waals surface area contributed by atoms with Crippen molar-refractivity contribution in [1.29, 1.82) is 5.26 Å². The summed E-state index contributed by atoms with van der Waals surface area (Å²) in [5.41, 5.74) is 0.213. The average Bonchev–Trinajstić information content (AvgIpc) is 2.37. The number of phenols is 1. The lowest BCUT2D eigenvalue weighted by molar-refractivity contribution is 0.0310. The number of phenolic OH excluding ortho intramolecular Hbond substituents is 1. The van der Waals surface area contributed by atoms with E-state index in [1.54, 1.807) is 0 Å². The van der Waals surface area contributed by atoms with Gasteiger partial charge in [-0.15, -0.1) is 11.6 Å². The number of nitrogens with zero attached hydrogens (tertiary/aromatic N) is 1. The Morgan fingerprint density at radius 3 is 2.59 bits per heavy atom. The summed E-state index contributed by atoms with van der Waals surface area (Å²) in [6, 6.07) is 4.47. The molecule has 1 rings (SSSR count). The number of rotatable bonds is 4. The zero-order valence-corrected chi connectivity index (χ0v) is 9.85. The van der Waals surface area contributed by atoms with E-state index >= 15 is 0 Å². The van der Waals surface area contributed by atoms with Crippen molar-refractivity contribution in [3.8, 4) is 17.6 Å². The molecule has 0 aromatic heterocycles. The van der Waals surface area contributed by atoms with Gasteiger partial charge in [0, 0.05) is 11.6 Å². The first kappa shape index (κ1) is 13.6. The highest BCUT2D eigenvalue weighted by atomic mass is 35.5. The maximum Gasteiger partial charge on any atom is 0.163 e. The Kier molecular flexibility index (Phi) is 4.58. The van der Waals surface area contributed by atoms with E-state index < -0.39 is 12.2 Å². The number of methoxy groups -OCH3 is 1. The normalized spacial score (nSPS) is 13.8. The topological polar surface area (TPSA) is 93.7 Å². The van der Waals surface area contributed by atoms with Gasteiger partial charge in [-0.2, -0.15) is 5.26 Å². The van der Waals surface area contributed by atoms with Crippen LogP contribution in [-0.2, 0) is 0 Å². The fourth-order valence-electron chi connectivity index (χ4n) is 1.37. The maximum atomic E-state index is 9.77. The van der Waals surface area contributed by atoms with Gasteiger partial charge in [-0.1, -0.05) is 0 Å². The summed E-state index contributed by atoms with van der Waals surface area (Å²) in [6.07, 6.45) is -2.61. The second-order valence-corrected chi connectivity index (χ2v) is 3.70. The largest absolute Gasteiger partial charge is 0.504 e. The van der Waals surface area contributed by atoms with Gasteiger partial charge in [0.25, 0.3) is 0 Å². The molecule has 0 amide bonds. The molecule has 0 spiro atoms. The first-order valence-electron chi connectivity index (χ1n) is 4.78. The summed E-state index contributed by atoms with van der Waals surface area (Å²) in [5.74, 6) is -0.456. The Morgan fingerprint density at radius 1 is 1.47 bits per heavy atom. The van der Waals surface area contributed by atoms with Crippen molar-refractivity contribution in [2.75, 3.05) is 13.0 Å². The van der Waals surface area contributed by atoms with Crippen LogP contribution >= 0.6 is 11.6 Å². The van der Waals surface area contributed by atoms with E-state index in [2.05, 4.69) is 0 Å². The van der Waals surface area contributed by atoms with Crippen LogP contribution in [0.3, 0.4) is 0 Å². The first-order valence-corrected chi connectivity index (χ1v) is 5.31. The average molecular weight is 258 g/mol. The number of hydrogen-bond acceptors (Lipinski definition) is 5. The molecule has 5 nitrogen and oxygen atoms in total. The standard InChI is InChI=1S/C11H12ClNO4/c1-17-9-3-6(5-13)2-7(11(9)16)10(15)8(14)4-12/h2-3,8,10,14-16H,4H2,1H3. The van der Waals surface area contributed by atoms with Gasteiger partial charge in [0.2, 0.25) is 0 Å². The number of halogens is 1. The van der Waals surface area contributed by atoms with E-state index in [0.29, 0.717) is 0 Å². The molecule has 2 unspecified atom stereocenters. The van der Waals surface area contributed by atoms with Gasteiger partial charge in [0.15, 0.2) is 11.5 Å². The van der Waals surface area contributed by atoms with Crippen LogP contribution in [0, 0.1) is 11.3 Å². The van der Waals surface area contributed by atoms with Crippen LogP contribution in [0.25, 0.3) is 0 Å². The van der Waals surface area contributed by atoms with Gasteiger partial charge in [-0.25, -0.2) is 0 Å². The molecule has 0 aliphatic rings. The predicted octanol–water partition coefficient (Wildman–Crippen LogP) is 0.906. The zero-order chi connectivity index (χ0) is 13.0. The van der Waals surface area contributed by atoms with Crippen molar-refractivity contribution in [2.45, 2.75) is 12.2 Å². The number of hydrogen-bond donors (Lipinski definition) is 3. The minimum Gasteiger partial charge on any atom is -0.504 e. The predicted molar refractivity (Wildman–Crippen MR) is 61.1 cm³/mol. The summed E-state index contributed by atoms with van der Waals surface area (Å²) < 4.78 is 4.86. The highest BCUT2D eigenvalue weighted by Gasteiger charge is 2.23. The molecule has 0 heterocycles. The lowest BCUT2D eigenvalue weighted by Crippen LogP contribution is -2.20. The molecule has 1 aromatic carbocycles. The monoisotopic (exact) mass is 257 g/mol. The molecular formula is C11H12ClNO4. The quantitative estimate of drug-likeness (QED) is 0.697. The van der Waals surface area contributed by atoms with Gasteiger partial charge >= 0.3 is 0 Å². The molecule has 92 valence electrons. The SMILES string of the molecule is COc1cc(C#N)cc(C(O)C(O)CCl)c1O. The molecular weight excluding hydrogens is 246 g/mol. The third kappa shape index (κ3) is 2.80. The molecule has 17 heavy (non-hydrogen) atoms. The third-order valence-electron chi connectivity index (χ3n) is 2.29. The molecule has 0 saturated carbocycles. The second-order valence-electron chi connectivity index (χ2n) is 3.39. The lowest BCUT2D eigenvalue weighted by Gasteiger charge is -2.18. The number of alkyl halides is 1.